The second kappa shape index (κ2) is 7.22. The normalized spacial score (nSPS) is 12.0. The molecule has 0 aliphatic rings. The van der Waals surface area contributed by atoms with E-state index in [1.807, 2.05) is 31.4 Å². The van der Waals surface area contributed by atoms with Crippen molar-refractivity contribution in [2.75, 3.05) is 11.9 Å². The molecule has 21 heavy (non-hydrogen) atoms. The Hall–Kier alpha value is -1.88. The van der Waals surface area contributed by atoms with E-state index in [4.69, 9.17) is 0 Å². The van der Waals surface area contributed by atoms with Gasteiger partial charge in [0.2, 0.25) is 0 Å². The molecule has 0 fully saturated rings. The molecule has 1 unspecified atom stereocenters. The number of carbonyl (C=O) groups excluding carboxylic acids is 1. The summed E-state index contributed by atoms with van der Waals surface area (Å²) >= 11 is 1.66. The zero-order chi connectivity index (χ0) is 15.2. The molecule has 2 rings (SSSR count). The van der Waals surface area contributed by atoms with Gasteiger partial charge in [-0.15, -0.1) is 11.3 Å². The van der Waals surface area contributed by atoms with Crippen LogP contribution in [-0.2, 0) is 6.42 Å². The number of benzene rings is 1. The lowest BCUT2D eigenvalue weighted by atomic mass is 10.1. The number of carbonyl (C=O) groups is 1. The fourth-order valence-electron chi connectivity index (χ4n) is 2.15. The maximum Gasteiger partial charge on any atom is 0.253 e. The van der Waals surface area contributed by atoms with E-state index < -0.39 is 5.82 Å². The highest BCUT2D eigenvalue weighted by atomic mass is 32.1. The van der Waals surface area contributed by atoms with Gasteiger partial charge in [-0.3, -0.25) is 4.79 Å². The van der Waals surface area contributed by atoms with E-state index in [0.29, 0.717) is 12.1 Å². The second-order valence-electron chi connectivity index (χ2n) is 4.85. The third kappa shape index (κ3) is 4.04. The first kappa shape index (κ1) is 15.5. The van der Waals surface area contributed by atoms with Crippen molar-refractivity contribution >= 4 is 22.9 Å². The van der Waals surface area contributed by atoms with E-state index >= 15 is 0 Å². The van der Waals surface area contributed by atoms with E-state index in [0.717, 1.165) is 6.42 Å². The van der Waals surface area contributed by atoms with Crippen molar-refractivity contribution in [3.05, 3.63) is 52.0 Å². The minimum atomic E-state index is -0.407. The largest absolute Gasteiger partial charge is 0.382 e. The number of nitrogens with one attached hydrogen (secondary N) is 2. The van der Waals surface area contributed by atoms with Crippen LogP contribution in [0.2, 0.25) is 0 Å². The third-order valence-corrected chi connectivity index (χ3v) is 3.98. The van der Waals surface area contributed by atoms with Crippen LogP contribution < -0.4 is 10.6 Å². The van der Waals surface area contributed by atoms with Gasteiger partial charge in [-0.1, -0.05) is 12.1 Å². The molecule has 1 aromatic carbocycles. The molecule has 0 bridgehead atoms. The maximum atomic E-state index is 13.8. The summed E-state index contributed by atoms with van der Waals surface area (Å²) in [6.07, 6.45) is 0.773. The van der Waals surface area contributed by atoms with E-state index in [1.165, 1.54) is 10.9 Å². The summed E-state index contributed by atoms with van der Waals surface area (Å²) < 4.78 is 13.8. The monoisotopic (exact) mass is 306 g/mol. The van der Waals surface area contributed by atoms with Crippen LogP contribution in [0.1, 0.15) is 29.1 Å². The molecule has 2 aromatic rings. The highest BCUT2D eigenvalue weighted by Gasteiger charge is 2.16. The molecule has 0 radical (unpaired) electrons. The molecule has 1 heterocycles. The molecule has 3 nitrogen and oxygen atoms in total. The Morgan fingerprint density at radius 3 is 2.81 bits per heavy atom. The lowest BCUT2D eigenvalue weighted by molar-refractivity contribution is 0.0940. The van der Waals surface area contributed by atoms with Gasteiger partial charge in [0.1, 0.15) is 5.82 Å². The quantitative estimate of drug-likeness (QED) is 0.855. The summed E-state index contributed by atoms with van der Waals surface area (Å²) in [7, 11) is 0. The number of thiophene rings is 1. The Bertz CT molecular complexity index is 598. The first-order valence-corrected chi connectivity index (χ1v) is 7.85. The number of hydrogen-bond acceptors (Lipinski definition) is 3. The molecule has 1 atom stereocenters. The predicted molar refractivity (Wildman–Crippen MR) is 85.5 cm³/mol. The molecule has 0 saturated heterocycles. The maximum absolute atomic E-state index is 13.8. The first-order valence-electron chi connectivity index (χ1n) is 6.97. The second-order valence-corrected chi connectivity index (χ2v) is 5.88. The molecule has 0 aliphatic heterocycles. The Morgan fingerprint density at radius 2 is 2.14 bits per heavy atom. The molecule has 0 spiro atoms. The van der Waals surface area contributed by atoms with Crippen molar-refractivity contribution in [3.8, 4) is 0 Å². The molecule has 2 N–H and O–H groups in total. The summed E-state index contributed by atoms with van der Waals surface area (Å²) in [5.74, 6) is -0.662. The Labute approximate surface area is 128 Å². The fourth-order valence-corrected chi connectivity index (χ4v) is 2.99. The molecule has 0 saturated carbocycles. The zero-order valence-electron chi connectivity index (χ0n) is 12.2. The lowest BCUT2D eigenvalue weighted by Gasteiger charge is -2.16. The van der Waals surface area contributed by atoms with Crippen LogP contribution in [0.3, 0.4) is 0 Å². The molecule has 1 aromatic heterocycles. The molecular formula is C16H19FN2OS. The van der Waals surface area contributed by atoms with E-state index in [2.05, 4.69) is 10.6 Å². The molecular weight excluding hydrogens is 287 g/mol. The lowest BCUT2D eigenvalue weighted by Crippen LogP contribution is -2.34. The first-order chi connectivity index (χ1) is 10.1. The molecule has 0 aliphatic carbocycles. The van der Waals surface area contributed by atoms with Crippen molar-refractivity contribution in [1.29, 1.82) is 0 Å². The van der Waals surface area contributed by atoms with Crippen LogP contribution in [0.15, 0.2) is 35.7 Å². The highest BCUT2D eigenvalue weighted by Crippen LogP contribution is 2.20. The van der Waals surface area contributed by atoms with Crippen molar-refractivity contribution in [1.82, 2.24) is 5.32 Å². The Morgan fingerprint density at radius 1 is 1.33 bits per heavy atom. The SMILES string of the molecule is CCNc1c(F)cccc1C(=O)NC(C)Cc1cccs1. The predicted octanol–water partition coefficient (Wildman–Crippen LogP) is 3.68. The van der Waals surface area contributed by atoms with Gasteiger partial charge in [0, 0.05) is 23.9 Å². The van der Waals surface area contributed by atoms with Gasteiger partial charge in [-0.2, -0.15) is 0 Å². The third-order valence-electron chi connectivity index (χ3n) is 3.08. The topological polar surface area (TPSA) is 41.1 Å². The fraction of sp³-hybridized carbons (Fsp3) is 0.312. The standard InChI is InChI=1S/C16H19FN2OS/c1-3-18-15-13(7-4-8-14(15)17)16(20)19-11(2)10-12-6-5-9-21-12/h4-9,11,18H,3,10H2,1-2H3,(H,19,20). The van der Waals surface area contributed by atoms with Crippen molar-refractivity contribution in [3.63, 3.8) is 0 Å². The molecule has 5 heteroatoms. The van der Waals surface area contributed by atoms with E-state index in [9.17, 15) is 9.18 Å². The van der Waals surface area contributed by atoms with Crippen molar-refractivity contribution in [2.24, 2.45) is 0 Å². The van der Waals surface area contributed by atoms with Gasteiger partial charge in [0.05, 0.1) is 11.3 Å². The number of amides is 1. The number of hydrogen-bond donors (Lipinski definition) is 2. The van der Waals surface area contributed by atoms with Crippen LogP contribution in [0, 0.1) is 5.82 Å². The van der Waals surface area contributed by atoms with E-state index in [1.54, 1.807) is 23.5 Å². The summed E-state index contributed by atoms with van der Waals surface area (Å²) in [5, 5.41) is 7.85. The Balaban J connectivity index is 2.07. The van der Waals surface area contributed by atoms with Crippen molar-refractivity contribution < 1.29 is 9.18 Å². The Kier molecular flexibility index (Phi) is 5.33. The summed E-state index contributed by atoms with van der Waals surface area (Å²) in [6, 6.07) is 8.56. The highest BCUT2D eigenvalue weighted by molar-refractivity contribution is 7.09. The van der Waals surface area contributed by atoms with Gasteiger partial charge in [-0.05, 0) is 37.4 Å². The summed E-state index contributed by atoms with van der Waals surface area (Å²) in [5.41, 5.74) is 0.607. The zero-order valence-corrected chi connectivity index (χ0v) is 13.0. The average Bonchev–Trinajstić information content (AvgIpc) is 2.93. The molecule has 1 amide bonds. The van der Waals surface area contributed by atoms with Crippen LogP contribution in [0.25, 0.3) is 0 Å². The van der Waals surface area contributed by atoms with Crippen LogP contribution >= 0.6 is 11.3 Å². The number of anilines is 1. The minimum absolute atomic E-state index is 0.00565. The van der Waals surface area contributed by atoms with Crippen LogP contribution in [0.4, 0.5) is 10.1 Å². The van der Waals surface area contributed by atoms with Gasteiger partial charge in [-0.25, -0.2) is 4.39 Å². The van der Waals surface area contributed by atoms with Gasteiger partial charge >= 0.3 is 0 Å². The smallest absolute Gasteiger partial charge is 0.253 e. The molecule has 112 valence electrons. The summed E-state index contributed by atoms with van der Waals surface area (Å²) in [6.45, 7) is 4.38. The average molecular weight is 306 g/mol. The van der Waals surface area contributed by atoms with Crippen LogP contribution in [0.5, 0.6) is 0 Å². The minimum Gasteiger partial charge on any atom is -0.382 e. The van der Waals surface area contributed by atoms with Gasteiger partial charge in [0.15, 0.2) is 0 Å². The number of halogens is 1. The number of rotatable bonds is 6. The van der Waals surface area contributed by atoms with Crippen molar-refractivity contribution in [2.45, 2.75) is 26.3 Å². The van der Waals surface area contributed by atoms with Gasteiger partial charge in [0.25, 0.3) is 5.91 Å². The van der Waals surface area contributed by atoms with Crippen LogP contribution in [-0.4, -0.2) is 18.5 Å². The summed E-state index contributed by atoms with van der Waals surface area (Å²) in [4.78, 5) is 13.5. The van der Waals surface area contributed by atoms with E-state index in [-0.39, 0.29) is 17.6 Å². The number of para-hydroxylation sites is 1. The van der Waals surface area contributed by atoms with Gasteiger partial charge < -0.3 is 10.6 Å².